The minimum atomic E-state index is -0.758. The summed E-state index contributed by atoms with van der Waals surface area (Å²) in [5.41, 5.74) is 0.0466. The number of carbonyl (C=O) groups is 1. The average molecular weight is 301 g/mol. The molecule has 17 heavy (non-hydrogen) atoms. The van der Waals surface area contributed by atoms with Crippen LogP contribution in [0.2, 0.25) is 0 Å². The van der Waals surface area contributed by atoms with Gasteiger partial charge in [0, 0.05) is 4.47 Å². The van der Waals surface area contributed by atoms with Gasteiger partial charge in [0.05, 0.1) is 5.41 Å². The Balaban J connectivity index is 2.29. The predicted molar refractivity (Wildman–Crippen MR) is 66.3 cm³/mol. The fourth-order valence-electron chi connectivity index (χ4n) is 2.56. The number of aliphatic carboxylic acids is 1. The van der Waals surface area contributed by atoms with Crippen LogP contribution in [0, 0.1) is 11.2 Å². The van der Waals surface area contributed by atoms with Crippen LogP contribution in [0.25, 0.3) is 0 Å². The second-order valence-corrected chi connectivity index (χ2v) is 5.56. The largest absolute Gasteiger partial charge is 0.481 e. The Morgan fingerprint density at radius 2 is 2.06 bits per heavy atom. The lowest BCUT2D eigenvalue weighted by Gasteiger charge is -2.24. The molecule has 0 bridgehead atoms. The van der Waals surface area contributed by atoms with Crippen LogP contribution in [0.3, 0.4) is 0 Å². The first kappa shape index (κ1) is 12.6. The molecule has 92 valence electrons. The molecule has 0 radical (unpaired) electrons. The Kier molecular flexibility index (Phi) is 3.52. The number of hydrogen-bond donors (Lipinski definition) is 1. The van der Waals surface area contributed by atoms with Gasteiger partial charge >= 0.3 is 5.97 Å². The molecule has 1 saturated carbocycles. The second kappa shape index (κ2) is 4.77. The van der Waals surface area contributed by atoms with E-state index in [4.69, 9.17) is 0 Å². The summed E-state index contributed by atoms with van der Waals surface area (Å²) in [6, 6.07) is 4.43. The highest BCUT2D eigenvalue weighted by molar-refractivity contribution is 9.10. The van der Waals surface area contributed by atoms with Gasteiger partial charge in [-0.05, 0) is 43.0 Å². The molecule has 0 unspecified atom stereocenters. The molecular formula is C13H14BrFO2. The number of carboxylic acids is 1. The topological polar surface area (TPSA) is 37.3 Å². The van der Waals surface area contributed by atoms with Gasteiger partial charge in [-0.25, -0.2) is 4.39 Å². The van der Waals surface area contributed by atoms with Gasteiger partial charge in [-0.2, -0.15) is 0 Å². The molecule has 2 rings (SSSR count). The maximum absolute atomic E-state index is 13.2. The third-order valence-corrected chi connectivity index (χ3v) is 4.32. The van der Waals surface area contributed by atoms with Crippen molar-refractivity contribution < 1.29 is 14.3 Å². The van der Waals surface area contributed by atoms with E-state index in [9.17, 15) is 14.3 Å². The fraction of sp³-hybridized carbons (Fsp3) is 0.462. The Morgan fingerprint density at radius 3 is 2.65 bits per heavy atom. The molecule has 0 amide bonds. The summed E-state index contributed by atoms with van der Waals surface area (Å²) in [6.45, 7) is 0. The summed E-state index contributed by atoms with van der Waals surface area (Å²) in [5.74, 6) is -1.08. The quantitative estimate of drug-likeness (QED) is 0.922. The summed E-state index contributed by atoms with van der Waals surface area (Å²) in [6.07, 6.45) is 3.66. The minimum Gasteiger partial charge on any atom is -0.481 e. The Bertz CT molecular complexity index is 439. The number of halogens is 2. The molecule has 0 heterocycles. The van der Waals surface area contributed by atoms with Crippen LogP contribution in [0.4, 0.5) is 4.39 Å². The highest BCUT2D eigenvalue weighted by Crippen LogP contribution is 2.42. The van der Waals surface area contributed by atoms with Crippen LogP contribution < -0.4 is 0 Å². The molecule has 1 aliphatic carbocycles. The monoisotopic (exact) mass is 300 g/mol. The van der Waals surface area contributed by atoms with Gasteiger partial charge in [0.1, 0.15) is 5.82 Å². The highest BCUT2D eigenvalue weighted by Gasteiger charge is 2.41. The number of carboxylic acid groups (broad SMARTS) is 1. The van der Waals surface area contributed by atoms with Crippen LogP contribution in [0.1, 0.15) is 31.2 Å². The standard InChI is InChI=1S/C13H14BrFO2/c14-11-4-3-10(15)7-9(11)8-13(12(16)17)5-1-2-6-13/h3-4,7H,1-2,5-6,8H2,(H,16,17). The smallest absolute Gasteiger partial charge is 0.309 e. The molecule has 0 aromatic heterocycles. The Morgan fingerprint density at radius 1 is 1.41 bits per heavy atom. The van der Waals surface area contributed by atoms with Crippen LogP contribution in [-0.4, -0.2) is 11.1 Å². The maximum atomic E-state index is 13.2. The minimum absolute atomic E-state index is 0.318. The molecule has 0 saturated heterocycles. The molecule has 1 N–H and O–H groups in total. The van der Waals surface area contributed by atoms with Crippen molar-refractivity contribution >= 4 is 21.9 Å². The van der Waals surface area contributed by atoms with Crippen LogP contribution in [-0.2, 0) is 11.2 Å². The van der Waals surface area contributed by atoms with Crippen molar-refractivity contribution in [3.05, 3.63) is 34.1 Å². The third kappa shape index (κ3) is 2.51. The number of hydrogen-bond acceptors (Lipinski definition) is 1. The van der Waals surface area contributed by atoms with Gasteiger partial charge in [-0.3, -0.25) is 4.79 Å². The molecule has 1 fully saturated rings. The first-order valence-corrected chi connectivity index (χ1v) is 6.50. The molecule has 0 spiro atoms. The number of rotatable bonds is 3. The fourth-order valence-corrected chi connectivity index (χ4v) is 2.95. The summed E-state index contributed by atoms with van der Waals surface area (Å²) in [7, 11) is 0. The van der Waals surface area contributed by atoms with Crippen molar-refractivity contribution in [3.8, 4) is 0 Å². The van der Waals surface area contributed by atoms with Gasteiger partial charge in [0.15, 0.2) is 0 Å². The van der Waals surface area contributed by atoms with E-state index in [2.05, 4.69) is 15.9 Å². The van der Waals surface area contributed by atoms with E-state index in [0.717, 1.165) is 22.9 Å². The SMILES string of the molecule is O=C(O)C1(Cc2cc(F)ccc2Br)CCCC1. The predicted octanol–water partition coefficient (Wildman–Crippen LogP) is 3.78. The highest BCUT2D eigenvalue weighted by atomic mass is 79.9. The third-order valence-electron chi connectivity index (χ3n) is 3.55. The Labute approximate surface area is 108 Å². The molecule has 1 aromatic rings. The van der Waals surface area contributed by atoms with Gasteiger partial charge in [0.2, 0.25) is 0 Å². The number of benzene rings is 1. The first-order chi connectivity index (χ1) is 8.03. The van der Waals surface area contributed by atoms with E-state index >= 15 is 0 Å². The lowest BCUT2D eigenvalue weighted by Crippen LogP contribution is -2.30. The normalized spacial score (nSPS) is 18.2. The second-order valence-electron chi connectivity index (χ2n) is 4.71. The summed E-state index contributed by atoms with van der Waals surface area (Å²) < 4.78 is 14.0. The lowest BCUT2D eigenvalue weighted by molar-refractivity contribution is -0.148. The average Bonchev–Trinajstić information content (AvgIpc) is 2.73. The molecule has 1 aliphatic rings. The van der Waals surface area contributed by atoms with Gasteiger partial charge in [-0.1, -0.05) is 28.8 Å². The van der Waals surface area contributed by atoms with Gasteiger partial charge in [-0.15, -0.1) is 0 Å². The van der Waals surface area contributed by atoms with E-state index in [0.29, 0.717) is 19.3 Å². The van der Waals surface area contributed by atoms with Crippen LogP contribution in [0.15, 0.2) is 22.7 Å². The van der Waals surface area contributed by atoms with Crippen molar-refractivity contribution in [2.24, 2.45) is 5.41 Å². The summed E-state index contributed by atoms with van der Waals surface area (Å²) in [5, 5.41) is 9.38. The van der Waals surface area contributed by atoms with Crippen molar-refractivity contribution in [3.63, 3.8) is 0 Å². The van der Waals surface area contributed by atoms with Crippen molar-refractivity contribution in [1.29, 1.82) is 0 Å². The zero-order valence-corrected chi connectivity index (χ0v) is 11.0. The zero-order valence-electron chi connectivity index (χ0n) is 9.38. The van der Waals surface area contributed by atoms with Crippen molar-refractivity contribution in [1.82, 2.24) is 0 Å². The molecule has 4 heteroatoms. The maximum Gasteiger partial charge on any atom is 0.309 e. The molecule has 2 nitrogen and oxygen atoms in total. The van der Waals surface area contributed by atoms with E-state index < -0.39 is 11.4 Å². The molecule has 0 aliphatic heterocycles. The van der Waals surface area contributed by atoms with Crippen molar-refractivity contribution in [2.45, 2.75) is 32.1 Å². The molecule has 1 aromatic carbocycles. The molecular weight excluding hydrogens is 287 g/mol. The first-order valence-electron chi connectivity index (χ1n) is 5.71. The zero-order chi connectivity index (χ0) is 12.5. The summed E-state index contributed by atoms with van der Waals surface area (Å²) >= 11 is 3.35. The van der Waals surface area contributed by atoms with Crippen molar-refractivity contribution in [2.75, 3.05) is 0 Å². The van der Waals surface area contributed by atoms with E-state index in [-0.39, 0.29) is 5.82 Å². The van der Waals surface area contributed by atoms with E-state index in [1.807, 2.05) is 0 Å². The van der Waals surface area contributed by atoms with Crippen LogP contribution >= 0.6 is 15.9 Å². The molecule has 0 atom stereocenters. The lowest BCUT2D eigenvalue weighted by atomic mass is 9.80. The van der Waals surface area contributed by atoms with Crippen LogP contribution in [0.5, 0.6) is 0 Å². The Hall–Kier alpha value is -0.900. The van der Waals surface area contributed by atoms with E-state index in [1.54, 1.807) is 6.07 Å². The van der Waals surface area contributed by atoms with E-state index in [1.165, 1.54) is 12.1 Å². The van der Waals surface area contributed by atoms with Gasteiger partial charge in [0.25, 0.3) is 0 Å². The summed E-state index contributed by atoms with van der Waals surface area (Å²) in [4.78, 5) is 11.4. The van der Waals surface area contributed by atoms with Gasteiger partial charge < -0.3 is 5.11 Å².